The van der Waals surface area contributed by atoms with Crippen molar-refractivity contribution in [1.82, 2.24) is 9.80 Å². The zero-order valence-corrected chi connectivity index (χ0v) is 14.6. The smallest absolute Gasteiger partial charge is 0.222 e. The van der Waals surface area contributed by atoms with Crippen LogP contribution in [0.15, 0.2) is 17.5 Å². The molecule has 1 amide bonds. The minimum Gasteiger partial charge on any atom is -0.386 e. The van der Waals surface area contributed by atoms with E-state index < -0.39 is 6.10 Å². The third-order valence-corrected chi connectivity index (χ3v) is 6.19. The van der Waals surface area contributed by atoms with Crippen molar-refractivity contribution in [2.24, 2.45) is 5.92 Å². The van der Waals surface area contributed by atoms with Crippen molar-refractivity contribution in [3.05, 3.63) is 22.4 Å². The summed E-state index contributed by atoms with van der Waals surface area (Å²) in [5, 5.41) is 12.2. The van der Waals surface area contributed by atoms with Crippen LogP contribution in [0.2, 0.25) is 0 Å². The maximum absolute atomic E-state index is 12.4. The van der Waals surface area contributed by atoms with E-state index in [-0.39, 0.29) is 0 Å². The summed E-state index contributed by atoms with van der Waals surface area (Å²) in [4.78, 5) is 17.8. The van der Waals surface area contributed by atoms with E-state index in [0.29, 0.717) is 18.4 Å². The molecular formula is C18H28N2O2S. The molecule has 1 saturated heterocycles. The zero-order chi connectivity index (χ0) is 16.1. The summed E-state index contributed by atoms with van der Waals surface area (Å²) in [5.41, 5.74) is 0. The van der Waals surface area contributed by atoms with E-state index in [2.05, 4.69) is 4.90 Å². The molecule has 1 saturated carbocycles. The maximum Gasteiger partial charge on any atom is 0.222 e. The molecule has 3 rings (SSSR count). The van der Waals surface area contributed by atoms with Crippen LogP contribution in [-0.2, 0) is 4.79 Å². The van der Waals surface area contributed by atoms with Crippen LogP contribution in [0.5, 0.6) is 0 Å². The van der Waals surface area contributed by atoms with Crippen LogP contribution in [0.4, 0.5) is 0 Å². The largest absolute Gasteiger partial charge is 0.386 e. The molecule has 1 aromatic heterocycles. The van der Waals surface area contributed by atoms with E-state index in [1.165, 1.54) is 32.1 Å². The Bertz CT molecular complexity index is 477. The number of β-amino-alcohol motifs (C(OH)–C–C–N with tert-alkyl or cyclic N) is 1. The van der Waals surface area contributed by atoms with Crippen molar-refractivity contribution in [1.29, 1.82) is 0 Å². The van der Waals surface area contributed by atoms with E-state index in [9.17, 15) is 9.90 Å². The van der Waals surface area contributed by atoms with Crippen LogP contribution in [0.1, 0.15) is 49.5 Å². The topological polar surface area (TPSA) is 43.8 Å². The summed E-state index contributed by atoms with van der Waals surface area (Å²) in [6.45, 7) is 4.04. The average Bonchev–Trinajstić information content (AvgIpc) is 3.11. The van der Waals surface area contributed by atoms with E-state index in [1.807, 2.05) is 22.4 Å². The molecule has 0 radical (unpaired) electrons. The fourth-order valence-electron chi connectivity index (χ4n) is 3.76. The van der Waals surface area contributed by atoms with Crippen molar-refractivity contribution < 1.29 is 9.90 Å². The predicted molar refractivity (Wildman–Crippen MR) is 93.5 cm³/mol. The van der Waals surface area contributed by atoms with E-state index >= 15 is 0 Å². The summed E-state index contributed by atoms with van der Waals surface area (Å²) >= 11 is 1.60. The Balaban J connectivity index is 1.40. The Morgan fingerprint density at radius 2 is 1.96 bits per heavy atom. The van der Waals surface area contributed by atoms with Gasteiger partial charge < -0.3 is 10.0 Å². The third-order valence-electron chi connectivity index (χ3n) is 5.22. The van der Waals surface area contributed by atoms with Crippen LogP contribution in [0.3, 0.4) is 0 Å². The van der Waals surface area contributed by atoms with Crippen LogP contribution >= 0.6 is 11.3 Å². The first-order valence-electron chi connectivity index (χ1n) is 8.94. The number of rotatable bonds is 5. The second-order valence-electron chi connectivity index (χ2n) is 6.92. The van der Waals surface area contributed by atoms with Crippen LogP contribution in [0, 0.1) is 5.92 Å². The minimum absolute atomic E-state index is 0.343. The Kier molecular flexibility index (Phi) is 6.08. The molecule has 1 aromatic rings. The molecular weight excluding hydrogens is 308 g/mol. The van der Waals surface area contributed by atoms with Crippen LogP contribution in [0.25, 0.3) is 0 Å². The van der Waals surface area contributed by atoms with E-state index in [1.54, 1.807) is 11.3 Å². The van der Waals surface area contributed by atoms with Gasteiger partial charge in [0.25, 0.3) is 0 Å². The van der Waals surface area contributed by atoms with Crippen molar-refractivity contribution >= 4 is 17.2 Å². The van der Waals surface area contributed by atoms with E-state index in [0.717, 1.165) is 37.5 Å². The van der Waals surface area contributed by atoms with Gasteiger partial charge in [-0.15, -0.1) is 11.3 Å². The second kappa shape index (κ2) is 8.27. The molecule has 1 aliphatic heterocycles. The van der Waals surface area contributed by atoms with Gasteiger partial charge in [-0.1, -0.05) is 25.3 Å². The van der Waals surface area contributed by atoms with Gasteiger partial charge in [0.05, 0.1) is 0 Å². The van der Waals surface area contributed by atoms with Gasteiger partial charge in [0.1, 0.15) is 6.10 Å². The van der Waals surface area contributed by atoms with Gasteiger partial charge in [-0.2, -0.15) is 0 Å². The summed E-state index contributed by atoms with van der Waals surface area (Å²) in [5.74, 6) is 0.963. The summed E-state index contributed by atoms with van der Waals surface area (Å²) in [6, 6.07) is 3.96. The summed E-state index contributed by atoms with van der Waals surface area (Å²) in [7, 11) is 0. The Hall–Kier alpha value is -0.910. The van der Waals surface area contributed by atoms with Gasteiger partial charge in [0, 0.05) is 44.0 Å². The molecule has 1 N–H and O–H groups in total. The lowest BCUT2D eigenvalue weighted by molar-refractivity contribution is -0.134. The Morgan fingerprint density at radius 1 is 1.22 bits per heavy atom. The molecule has 1 aliphatic carbocycles. The number of nitrogens with zero attached hydrogens (tertiary/aromatic N) is 2. The van der Waals surface area contributed by atoms with Gasteiger partial charge >= 0.3 is 0 Å². The minimum atomic E-state index is -0.403. The Labute approximate surface area is 143 Å². The molecule has 0 bridgehead atoms. The first-order chi connectivity index (χ1) is 11.2. The van der Waals surface area contributed by atoms with Gasteiger partial charge in [-0.25, -0.2) is 0 Å². The number of carbonyl (C=O) groups is 1. The van der Waals surface area contributed by atoms with Crippen LogP contribution in [-0.4, -0.2) is 53.5 Å². The molecule has 2 fully saturated rings. The van der Waals surface area contributed by atoms with Gasteiger partial charge in [-0.3, -0.25) is 9.69 Å². The van der Waals surface area contributed by atoms with Crippen molar-refractivity contribution in [3.8, 4) is 0 Å². The van der Waals surface area contributed by atoms with Crippen molar-refractivity contribution in [2.75, 3.05) is 32.7 Å². The lowest BCUT2D eigenvalue weighted by atomic mass is 9.86. The highest BCUT2D eigenvalue weighted by molar-refractivity contribution is 7.10. The lowest BCUT2D eigenvalue weighted by Gasteiger charge is -2.36. The van der Waals surface area contributed by atoms with Crippen LogP contribution < -0.4 is 0 Å². The molecule has 2 aliphatic rings. The molecule has 5 heteroatoms. The SMILES string of the molecule is O=C(CC1CCCCC1)N1CCN(CC(O)c2cccs2)CC1. The molecule has 1 atom stereocenters. The van der Waals surface area contributed by atoms with E-state index in [4.69, 9.17) is 0 Å². The molecule has 4 nitrogen and oxygen atoms in total. The highest BCUT2D eigenvalue weighted by Gasteiger charge is 2.25. The highest BCUT2D eigenvalue weighted by Crippen LogP contribution is 2.27. The fraction of sp³-hybridized carbons (Fsp3) is 0.722. The zero-order valence-electron chi connectivity index (χ0n) is 13.8. The molecule has 23 heavy (non-hydrogen) atoms. The quantitative estimate of drug-likeness (QED) is 0.899. The number of hydrogen-bond acceptors (Lipinski definition) is 4. The number of amides is 1. The van der Waals surface area contributed by atoms with Gasteiger partial charge in [0.2, 0.25) is 5.91 Å². The molecule has 0 aromatic carbocycles. The maximum atomic E-state index is 12.4. The normalized spacial score (nSPS) is 22.2. The number of aliphatic hydroxyl groups excluding tert-OH is 1. The summed E-state index contributed by atoms with van der Waals surface area (Å²) < 4.78 is 0. The monoisotopic (exact) mass is 336 g/mol. The standard InChI is InChI=1S/C18H28N2O2S/c21-16(17-7-4-12-23-17)14-19-8-10-20(11-9-19)18(22)13-15-5-2-1-3-6-15/h4,7,12,15-16,21H,1-3,5-6,8-11,13-14H2. The first-order valence-corrected chi connectivity index (χ1v) is 9.82. The number of piperazine rings is 1. The summed E-state index contributed by atoms with van der Waals surface area (Å²) in [6.07, 6.45) is 6.75. The number of carbonyl (C=O) groups excluding carboxylic acids is 1. The average molecular weight is 337 g/mol. The van der Waals surface area contributed by atoms with Gasteiger partial charge in [-0.05, 0) is 30.2 Å². The molecule has 0 spiro atoms. The third kappa shape index (κ3) is 4.78. The lowest BCUT2D eigenvalue weighted by Crippen LogP contribution is -2.49. The highest BCUT2D eigenvalue weighted by atomic mass is 32.1. The predicted octanol–water partition coefficient (Wildman–Crippen LogP) is 2.90. The second-order valence-corrected chi connectivity index (χ2v) is 7.90. The Morgan fingerprint density at radius 3 is 2.61 bits per heavy atom. The fourth-order valence-corrected chi connectivity index (χ4v) is 4.47. The number of aliphatic hydroxyl groups is 1. The number of thiophene rings is 1. The van der Waals surface area contributed by atoms with Gasteiger partial charge in [0.15, 0.2) is 0 Å². The molecule has 2 heterocycles. The number of hydrogen-bond donors (Lipinski definition) is 1. The van der Waals surface area contributed by atoms with Crippen molar-refractivity contribution in [2.45, 2.75) is 44.6 Å². The van der Waals surface area contributed by atoms with Crippen molar-refractivity contribution in [3.63, 3.8) is 0 Å². The first kappa shape index (κ1) is 16.9. The molecule has 128 valence electrons. The molecule has 1 unspecified atom stereocenters.